The smallest absolute Gasteiger partial charge is 0.258 e. The minimum absolute atomic E-state index is 0.137. The Morgan fingerprint density at radius 1 is 1.50 bits per heavy atom. The Balaban J connectivity index is 2.84. The van der Waals surface area contributed by atoms with Gasteiger partial charge in [0.25, 0.3) is 0 Å². The van der Waals surface area contributed by atoms with E-state index in [1.54, 1.807) is 12.1 Å². The summed E-state index contributed by atoms with van der Waals surface area (Å²) in [7, 11) is 0. The van der Waals surface area contributed by atoms with E-state index in [0.29, 0.717) is 9.17 Å². The first kappa shape index (κ1) is 9.95. The molecular weight excluding hydrogens is 286 g/mol. The van der Waals surface area contributed by atoms with E-state index in [2.05, 4.69) is 28.6 Å². The molecule has 72 valence electrons. The van der Waals surface area contributed by atoms with Crippen LogP contribution >= 0.6 is 39.9 Å². The van der Waals surface area contributed by atoms with Crippen molar-refractivity contribution >= 4 is 55.7 Å². The van der Waals surface area contributed by atoms with Crippen LogP contribution < -0.4 is 0 Å². The predicted octanol–water partition coefficient (Wildman–Crippen LogP) is 3.86. The average molecular weight is 290 g/mol. The second-order valence-electron chi connectivity index (χ2n) is 2.66. The Kier molecular flexibility index (Phi) is 2.50. The zero-order valence-electron chi connectivity index (χ0n) is 6.73. The highest BCUT2D eigenvalue weighted by Gasteiger charge is 2.20. The molecule has 0 amide bonds. The topological polar surface area (TPSA) is 43.1 Å². The van der Waals surface area contributed by atoms with Gasteiger partial charge in [-0.25, -0.2) is 0 Å². The molecule has 14 heavy (non-hydrogen) atoms. The third-order valence-corrected chi connectivity index (χ3v) is 3.86. The van der Waals surface area contributed by atoms with Gasteiger partial charge in [-0.15, -0.1) is 24.0 Å². The second kappa shape index (κ2) is 3.52. The summed E-state index contributed by atoms with van der Waals surface area (Å²) >= 11 is 8.71. The molecule has 0 aliphatic carbocycles. The molecule has 0 saturated carbocycles. The Bertz CT molecular complexity index is 523. The molecule has 0 aliphatic heterocycles. The van der Waals surface area contributed by atoms with Crippen LogP contribution in [0.25, 0.3) is 10.1 Å². The standard InChI is InChI=1S/C8H4BrNO2S2/c9-8-7(10(11)12)5-2-1-4(13)3-6(5)14-8/h1-3,13H. The summed E-state index contributed by atoms with van der Waals surface area (Å²) < 4.78 is 1.42. The van der Waals surface area contributed by atoms with E-state index >= 15 is 0 Å². The Morgan fingerprint density at radius 3 is 2.86 bits per heavy atom. The molecule has 2 aromatic rings. The summed E-state index contributed by atoms with van der Waals surface area (Å²) in [4.78, 5) is 11.2. The predicted molar refractivity (Wildman–Crippen MR) is 63.4 cm³/mol. The van der Waals surface area contributed by atoms with Crippen molar-refractivity contribution in [3.8, 4) is 0 Å². The molecule has 0 atom stereocenters. The van der Waals surface area contributed by atoms with Crippen LogP contribution in [0.4, 0.5) is 5.69 Å². The fourth-order valence-corrected chi connectivity index (χ4v) is 3.32. The molecule has 0 N–H and O–H groups in total. The molecule has 1 heterocycles. The van der Waals surface area contributed by atoms with E-state index in [1.165, 1.54) is 11.3 Å². The molecule has 2 rings (SSSR count). The van der Waals surface area contributed by atoms with E-state index in [0.717, 1.165) is 9.60 Å². The monoisotopic (exact) mass is 289 g/mol. The number of benzene rings is 1. The number of hydrogen-bond acceptors (Lipinski definition) is 4. The van der Waals surface area contributed by atoms with Crippen LogP contribution in [0.5, 0.6) is 0 Å². The van der Waals surface area contributed by atoms with Crippen LogP contribution in [0.3, 0.4) is 0 Å². The number of halogens is 1. The zero-order valence-corrected chi connectivity index (χ0v) is 10.0. The van der Waals surface area contributed by atoms with Crippen molar-refractivity contribution in [2.24, 2.45) is 0 Å². The van der Waals surface area contributed by atoms with Gasteiger partial charge in [0.1, 0.15) is 3.79 Å². The summed E-state index contributed by atoms with van der Waals surface area (Å²) in [6, 6.07) is 5.29. The van der Waals surface area contributed by atoms with Crippen molar-refractivity contribution in [1.82, 2.24) is 0 Å². The lowest BCUT2D eigenvalue weighted by Crippen LogP contribution is -1.85. The fraction of sp³-hybridized carbons (Fsp3) is 0. The summed E-state index contributed by atoms with van der Waals surface area (Å²) in [5.41, 5.74) is 0.137. The minimum atomic E-state index is -0.374. The Hall–Kier alpha value is -0.590. The van der Waals surface area contributed by atoms with Gasteiger partial charge in [-0.3, -0.25) is 10.1 Å². The van der Waals surface area contributed by atoms with Crippen molar-refractivity contribution < 1.29 is 4.92 Å². The normalized spacial score (nSPS) is 10.7. The van der Waals surface area contributed by atoms with Crippen molar-refractivity contribution in [3.05, 3.63) is 32.1 Å². The number of nitrogens with zero attached hydrogens (tertiary/aromatic N) is 1. The van der Waals surface area contributed by atoms with E-state index in [4.69, 9.17) is 0 Å². The summed E-state index contributed by atoms with van der Waals surface area (Å²) in [5, 5.41) is 11.4. The molecule has 0 aliphatic rings. The van der Waals surface area contributed by atoms with E-state index in [9.17, 15) is 10.1 Å². The van der Waals surface area contributed by atoms with Gasteiger partial charge in [0.05, 0.1) is 10.3 Å². The fourth-order valence-electron chi connectivity index (χ4n) is 1.21. The van der Waals surface area contributed by atoms with Crippen LogP contribution in [-0.4, -0.2) is 4.92 Å². The summed E-state index contributed by atoms with van der Waals surface area (Å²) in [6.07, 6.45) is 0. The molecule has 0 radical (unpaired) electrons. The molecule has 0 fully saturated rings. The summed E-state index contributed by atoms with van der Waals surface area (Å²) in [6.45, 7) is 0. The van der Waals surface area contributed by atoms with Crippen molar-refractivity contribution in [2.75, 3.05) is 0 Å². The number of nitro groups is 1. The SMILES string of the molecule is O=[N+]([O-])c1c(Br)sc2cc(S)ccc12. The maximum absolute atomic E-state index is 10.7. The van der Waals surface area contributed by atoms with Crippen molar-refractivity contribution in [3.63, 3.8) is 0 Å². The van der Waals surface area contributed by atoms with Gasteiger partial charge in [-0.2, -0.15) is 0 Å². The third kappa shape index (κ3) is 1.53. The van der Waals surface area contributed by atoms with Gasteiger partial charge in [0.2, 0.25) is 0 Å². The van der Waals surface area contributed by atoms with Crippen LogP contribution in [0.1, 0.15) is 0 Å². The van der Waals surface area contributed by atoms with Crippen molar-refractivity contribution in [2.45, 2.75) is 4.90 Å². The zero-order chi connectivity index (χ0) is 10.3. The van der Waals surface area contributed by atoms with Crippen LogP contribution in [-0.2, 0) is 0 Å². The maximum Gasteiger partial charge on any atom is 0.302 e. The Labute approximate surface area is 97.4 Å². The van der Waals surface area contributed by atoms with E-state index < -0.39 is 0 Å². The number of hydrogen-bond donors (Lipinski definition) is 1. The lowest BCUT2D eigenvalue weighted by molar-refractivity contribution is -0.383. The highest BCUT2D eigenvalue weighted by molar-refractivity contribution is 9.11. The van der Waals surface area contributed by atoms with Gasteiger partial charge >= 0.3 is 5.69 Å². The molecule has 0 bridgehead atoms. The van der Waals surface area contributed by atoms with Crippen LogP contribution in [0.2, 0.25) is 0 Å². The van der Waals surface area contributed by atoms with Gasteiger partial charge in [0, 0.05) is 9.60 Å². The first-order valence-electron chi connectivity index (χ1n) is 3.65. The average Bonchev–Trinajstić information content (AvgIpc) is 2.39. The molecule has 3 nitrogen and oxygen atoms in total. The largest absolute Gasteiger partial charge is 0.302 e. The summed E-state index contributed by atoms with van der Waals surface area (Å²) in [5.74, 6) is 0. The minimum Gasteiger partial charge on any atom is -0.258 e. The molecule has 1 aromatic carbocycles. The lowest BCUT2D eigenvalue weighted by Gasteiger charge is -1.91. The van der Waals surface area contributed by atoms with Crippen LogP contribution in [0, 0.1) is 10.1 Å². The maximum atomic E-state index is 10.7. The van der Waals surface area contributed by atoms with Gasteiger partial charge < -0.3 is 0 Å². The number of rotatable bonds is 1. The quantitative estimate of drug-likeness (QED) is 0.492. The molecule has 6 heteroatoms. The number of fused-ring (bicyclic) bond motifs is 1. The first-order chi connectivity index (χ1) is 6.59. The number of thiophene rings is 1. The van der Waals surface area contributed by atoms with Gasteiger partial charge in [-0.05, 0) is 34.1 Å². The first-order valence-corrected chi connectivity index (χ1v) is 5.70. The highest BCUT2D eigenvalue weighted by Crippen LogP contribution is 2.41. The third-order valence-electron chi connectivity index (χ3n) is 1.79. The molecule has 0 saturated heterocycles. The second-order valence-corrected chi connectivity index (χ2v) is 5.55. The van der Waals surface area contributed by atoms with E-state index in [1.807, 2.05) is 6.07 Å². The molecular formula is C8H4BrNO2S2. The lowest BCUT2D eigenvalue weighted by atomic mass is 10.2. The van der Waals surface area contributed by atoms with Crippen LogP contribution in [0.15, 0.2) is 26.9 Å². The molecule has 0 unspecified atom stereocenters. The van der Waals surface area contributed by atoms with Crippen molar-refractivity contribution in [1.29, 1.82) is 0 Å². The highest BCUT2D eigenvalue weighted by atomic mass is 79.9. The van der Waals surface area contributed by atoms with Gasteiger partial charge in [-0.1, -0.05) is 0 Å². The number of thiol groups is 1. The molecule has 1 aromatic heterocycles. The Morgan fingerprint density at radius 2 is 2.21 bits per heavy atom. The van der Waals surface area contributed by atoms with E-state index in [-0.39, 0.29) is 10.6 Å². The molecule has 0 spiro atoms. The van der Waals surface area contributed by atoms with Gasteiger partial charge in [0.15, 0.2) is 0 Å².